The minimum atomic E-state index is -0.420. The lowest BCUT2D eigenvalue weighted by Crippen LogP contribution is -2.36. The molecule has 0 aliphatic carbocycles. The fourth-order valence-corrected chi connectivity index (χ4v) is 3.55. The summed E-state index contributed by atoms with van der Waals surface area (Å²) in [5.41, 5.74) is 1.81. The van der Waals surface area contributed by atoms with E-state index in [0.717, 1.165) is 0 Å². The van der Waals surface area contributed by atoms with Gasteiger partial charge in [-0.15, -0.1) is 10.2 Å². The molecule has 2 aromatic carbocycles. The first-order valence-electron chi connectivity index (χ1n) is 10.0. The summed E-state index contributed by atoms with van der Waals surface area (Å²) in [6.45, 7) is 5.62. The third-order valence-corrected chi connectivity index (χ3v) is 5.41. The van der Waals surface area contributed by atoms with Gasteiger partial charge in [0.1, 0.15) is 11.5 Å². The molecule has 2 heterocycles. The molecular weight excluding hydrogens is 433 g/mol. The molecule has 0 aliphatic rings. The smallest absolute Gasteiger partial charge is 0.258 e. The summed E-state index contributed by atoms with van der Waals surface area (Å²) in [7, 11) is 0. The van der Waals surface area contributed by atoms with Crippen LogP contribution in [0.2, 0.25) is 5.02 Å². The molecular formula is C23H21ClFN5O2. The number of benzene rings is 2. The molecule has 1 amide bonds. The number of carbonyl (C=O) groups excluding carboxylic acids is 1. The third-order valence-electron chi connectivity index (χ3n) is 5.08. The Morgan fingerprint density at radius 2 is 1.88 bits per heavy atom. The largest absolute Gasteiger partial charge is 0.419 e. The molecule has 0 atom stereocenters. The fourth-order valence-electron chi connectivity index (χ4n) is 3.34. The van der Waals surface area contributed by atoms with Crippen LogP contribution in [0.15, 0.2) is 59.1 Å². The maximum atomic E-state index is 14.2. The van der Waals surface area contributed by atoms with Crippen molar-refractivity contribution in [1.29, 1.82) is 0 Å². The zero-order valence-corrected chi connectivity index (χ0v) is 18.5. The van der Waals surface area contributed by atoms with Crippen LogP contribution in [0.1, 0.15) is 35.8 Å². The van der Waals surface area contributed by atoms with Crippen LogP contribution in [0.5, 0.6) is 0 Å². The zero-order valence-electron chi connectivity index (χ0n) is 17.8. The van der Waals surface area contributed by atoms with E-state index in [1.165, 1.54) is 16.9 Å². The molecule has 9 heteroatoms. The number of carbonyl (C=O) groups is 1. The van der Waals surface area contributed by atoms with Crippen LogP contribution < -0.4 is 0 Å². The number of hydrogen-bond acceptors (Lipinski definition) is 5. The maximum absolute atomic E-state index is 14.2. The molecule has 0 unspecified atom stereocenters. The zero-order chi connectivity index (χ0) is 22.8. The molecule has 0 aliphatic heterocycles. The van der Waals surface area contributed by atoms with Gasteiger partial charge in [0.25, 0.3) is 5.91 Å². The van der Waals surface area contributed by atoms with Gasteiger partial charge in [-0.25, -0.2) is 9.07 Å². The first-order valence-corrected chi connectivity index (χ1v) is 10.4. The lowest BCUT2D eigenvalue weighted by molar-refractivity contribution is 0.0671. The Bertz CT molecular complexity index is 1270. The van der Waals surface area contributed by atoms with E-state index < -0.39 is 5.82 Å². The summed E-state index contributed by atoms with van der Waals surface area (Å²) in [6, 6.07) is 13.3. The number of amides is 1. The average molecular weight is 454 g/mol. The van der Waals surface area contributed by atoms with Crippen LogP contribution >= 0.6 is 11.6 Å². The quantitative estimate of drug-likeness (QED) is 0.407. The standard InChI is InChI=1S/C23H21ClFN5O2/c1-14(2)29(13-21-27-28-22(32-21)16-8-4-5-9-18(16)24)23(31)17-12-26-30(15(17)3)20-11-7-6-10-19(20)25/h4-12,14H,13H2,1-3H3. The highest BCUT2D eigenvalue weighted by molar-refractivity contribution is 6.33. The molecule has 164 valence electrons. The molecule has 0 fully saturated rings. The number of aromatic nitrogens is 4. The van der Waals surface area contributed by atoms with Crippen molar-refractivity contribution in [2.24, 2.45) is 0 Å². The average Bonchev–Trinajstić information content (AvgIpc) is 3.39. The minimum Gasteiger partial charge on any atom is -0.419 e. The van der Waals surface area contributed by atoms with E-state index in [-0.39, 0.29) is 36.0 Å². The summed E-state index contributed by atoms with van der Waals surface area (Å²) < 4.78 is 21.4. The molecule has 0 spiro atoms. The van der Waals surface area contributed by atoms with Crippen LogP contribution in [0, 0.1) is 12.7 Å². The fraction of sp³-hybridized carbons (Fsp3) is 0.217. The van der Waals surface area contributed by atoms with Gasteiger partial charge >= 0.3 is 0 Å². The van der Waals surface area contributed by atoms with Crippen LogP contribution in [0.25, 0.3) is 17.1 Å². The van der Waals surface area contributed by atoms with Gasteiger partial charge < -0.3 is 9.32 Å². The SMILES string of the molecule is Cc1c(C(=O)N(Cc2nnc(-c3ccccc3Cl)o2)C(C)C)cnn1-c1ccccc1F. The molecule has 2 aromatic heterocycles. The lowest BCUT2D eigenvalue weighted by Gasteiger charge is -2.25. The van der Waals surface area contributed by atoms with Crippen LogP contribution in [-0.4, -0.2) is 36.8 Å². The van der Waals surface area contributed by atoms with Gasteiger partial charge in [0, 0.05) is 6.04 Å². The van der Waals surface area contributed by atoms with E-state index in [4.69, 9.17) is 16.0 Å². The van der Waals surface area contributed by atoms with E-state index in [0.29, 0.717) is 21.8 Å². The number of nitrogens with zero attached hydrogens (tertiary/aromatic N) is 5. The Morgan fingerprint density at radius 1 is 1.16 bits per heavy atom. The summed E-state index contributed by atoms with van der Waals surface area (Å²) >= 11 is 6.21. The summed E-state index contributed by atoms with van der Waals surface area (Å²) in [5.74, 6) is -0.125. The van der Waals surface area contributed by atoms with Crippen LogP contribution in [0.4, 0.5) is 4.39 Å². The number of rotatable bonds is 6. The maximum Gasteiger partial charge on any atom is 0.258 e. The molecule has 7 nitrogen and oxygen atoms in total. The molecule has 0 radical (unpaired) electrons. The predicted molar refractivity (Wildman–Crippen MR) is 118 cm³/mol. The molecule has 4 rings (SSSR count). The van der Waals surface area contributed by atoms with E-state index in [1.807, 2.05) is 26.0 Å². The van der Waals surface area contributed by atoms with Crippen LogP contribution in [0.3, 0.4) is 0 Å². The number of hydrogen-bond donors (Lipinski definition) is 0. The summed E-state index contributed by atoms with van der Waals surface area (Å²) in [5, 5.41) is 12.9. The van der Waals surface area contributed by atoms with Gasteiger partial charge in [-0.2, -0.15) is 5.10 Å². The molecule has 0 N–H and O–H groups in total. The highest BCUT2D eigenvalue weighted by Crippen LogP contribution is 2.27. The lowest BCUT2D eigenvalue weighted by atomic mass is 10.2. The van der Waals surface area contributed by atoms with Gasteiger partial charge in [-0.05, 0) is 45.0 Å². The first kappa shape index (κ1) is 21.7. The second-order valence-corrected chi connectivity index (χ2v) is 7.92. The molecule has 32 heavy (non-hydrogen) atoms. The Labute approximate surface area is 189 Å². The van der Waals surface area contributed by atoms with Crippen molar-refractivity contribution in [3.05, 3.63) is 82.7 Å². The first-order chi connectivity index (χ1) is 15.4. The minimum absolute atomic E-state index is 0.109. The van der Waals surface area contributed by atoms with Crippen molar-refractivity contribution >= 4 is 17.5 Å². The van der Waals surface area contributed by atoms with E-state index in [1.54, 1.807) is 42.2 Å². The Kier molecular flexibility index (Phi) is 6.05. The van der Waals surface area contributed by atoms with Crippen molar-refractivity contribution < 1.29 is 13.6 Å². The van der Waals surface area contributed by atoms with E-state index in [9.17, 15) is 9.18 Å². The number of para-hydroxylation sites is 1. The molecule has 0 bridgehead atoms. The Balaban J connectivity index is 1.60. The van der Waals surface area contributed by atoms with E-state index >= 15 is 0 Å². The second-order valence-electron chi connectivity index (χ2n) is 7.51. The van der Waals surface area contributed by atoms with Gasteiger partial charge in [-0.1, -0.05) is 35.9 Å². The van der Waals surface area contributed by atoms with Crippen molar-refractivity contribution in [2.75, 3.05) is 0 Å². The van der Waals surface area contributed by atoms with Crippen molar-refractivity contribution in [3.63, 3.8) is 0 Å². The molecule has 4 aromatic rings. The summed E-state index contributed by atoms with van der Waals surface area (Å²) in [6.07, 6.45) is 1.45. The molecule has 0 saturated heterocycles. The third kappa shape index (κ3) is 4.13. The van der Waals surface area contributed by atoms with Crippen molar-refractivity contribution in [1.82, 2.24) is 24.9 Å². The predicted octanol–water partition coefficient (Wildman–Crippen LogP) is 5.07. The second kappa shape index (κ2) is 8.92. The Hall–Kier alpha value is -3.52. The summed E-state index contributed by atoms with van der Waals surface area (Å²) in [4.78, 5) is 14.9. The topological polar surface area (TPSA) is 77.1 Å². The van der Waals surface area contributed by atoms with Gasteiger partial charge in [0.2, 0.25) is 11.8 Å². The monoisotopic (exact) mass is 453 g/mol. The highest BCUT2D eigenvalue weighted by atomic mass is 35.5. The van der Waals surface area contributed by atoms with E-state index in [2.05, 4.69) is 15.3 Å². The van der Waals surface area contributed by atoms with Crippen molar-refractivity contribution in [3.8, 4) is 17.1 Å². The molecule has 0 saturated carbocycles. The van der Waals surface area contributed by atoms with Gasteiger partial charge in [-0.3, -0.25) is 4.79 Å². The Morgan fingerprint density at radius 3 is 2.59 bits per heavy atom. The van der Waals surface area contributed by atoms with Gasteiger partial charge in [0.15, 0.2) is 0 Å². The van der Waals surface area contributed by atoms with Gasteiger partial charge in [0.05, 0.1) is 34.6 Å². The van der Waals surface area contributed by atoms with Crippen molar-refractivity contribution in [2.45, 2.75) is 33.4 Å². The normalized spacial score (nSPS) is 11.2. The number of halogens is 2. The highest BCUT2D eigenvalue weighted by Gasteiger charge is 2.26. The van der Waals surface area contributed by atoms with Crippen LogP contribution in [-0.2, 0) is 6.54 Å².